The molecule has 5 rings (SSSR count). The summed E-state index contributed by atoms with van der Waals surface area (Å²) < 4.78 is 23.4. The molecule has 1 aromatic heterocycles. The van der Waals surface area contributed by atoms with Crippen LogP contribution in [0, 0.1) is 13.8 Å². The van der Waals surface area contributed by atoms with Gasteiger partial charge in [0, 0.05) is 57.2 Å². The van der Waals surface area contributed by atoms with Crippen LogP contribution in [0.25, 0.3) is 0 Å². The molecule has 1 aliphatic rings. The molecule has 0 radical (unpaired) electrons. The van der Waals surface area contributed by atoms with Gasteiger partial charge in [-0.05, 0) is 67.9 Å². The normalized spacial score (nSPS) is 14.2. The molecule has 0 saturated carbocycles. The van der Waals surface area contributed by atoms with Gasteiger partial charge in [-0.3, -0.25) is 9.80 Å². The topological polar surface area (TPSA) is 102 Å². The molecule has 1 amide bonds. The molecule has 0 spiro atoms. The number of benzene rings is 3. The maximum atomic E-state index is 14.1. The molecule has 0 bridgehead atoms. The first-order valence-corrected chi connectivity index (χ1v) is 15.8. The Balaban J connectivity index is 1.39. The minimum atomic E-state index is -0.572. The van der Waals surface area contributed by atoms with Gasteiger partial charge in [0.25, 0.3) is 0 Å². The van der Waals surface area contributed by atoms with Gasteiger partial charge >= 0.3 is 6.09 Å². The highest BCUT2D eigenvalue weighted by molar-refractivity contribution is 5.89. The van der Waals surface area contributed by atoms with Crippen LogP contribution in [-0.4, -0.2) is 93.0 Å². The summed E-state index contributed by atoms with van der Waals surface area (Å²) in [6, 6.07) is 20.3. The fourth-order valence-electron chi connectivity index (χ4n) is 5.58. The van der Waals surface area contributed by atoms with E-state index in [0.717, 1.165) is 55.1 Å². The number of rotatable bonds is 13. The van der Waals surface area contributed by atoms with Crippen molar-refractivity contribution in [2.24, 2.45) is 0 Å². The number of carbonyl (C=O) groups is 1. The Hall–Kier alpha value is -4.87. The van der Waals surface area contributed by atoms with Crippen LogP contribution in [-0.2, 0) is 0 Å². The third-order valence-electron chi connectivity index (χ3n) is 8.32. The number of anilines is 2. The van der Waals surface area contributed by atoms with Crippen molar-refractivity contribution < 1.29 is 23.7 Å². The fourth-order valence-corrected chi connectivity index (χ4v) is 5.58. The zero-order valence-corrected chi connectivity index (χ0v) is 27.8. The van der Waals surface area contributed by atoms with Crippen LogP contribution in [0.3, 0.4) is 0 Å². The average molecular weight is 641 g/mol. The predicted octanol–water partition coefficient (Wildman–Crippen LogP) is 5.60. The number of amides is 1. The smallest absolute Gasteiger partial charge is 0.421 e. The van der Waals surface area contributed by atoms with Crippen LogP contribution in [0.15, 0.2) is 79.3 Å². The fraction of sp³-hybridized carbons (Fsp3) is 0.361. The molecular formula is C36H44N6O5. The lowest BCUT2D eigenvalue weighted by Gasteiger charge is -2.32. The second kappa shape index (κ2) is 16.1. The summed E-state index contributed by atoms with van der Waals surface area (Å²) in [7, 11) is 5.40. The second-order valence-electron chi connectivity index (χ2n) is 11.6. The van der Waals surface area contributed by atoms with Crippen LogP contribution in [0.2, 0.25) is 0 Å². The predicted molar refractivity (Wildman–Crippen MR) is 183 cm³/mol. The number of ether oxygens (including phenoxy) is 4. The van der Waals surface area contributed by atoms with Crippen molar-refractivity contribution in [3.05, 3.63) is 95.9 Å². The lowest BCUT2D eigenvalue weighted by atomic mass is 10.0. The summed E-state index contributed by atoms with van der Waals surface area (Å²) in [4.78, 5) is 28.9. The monoisotopic (exact) mass is 640 g/mol. The molecule has 47 heavy (non-hydrogen) atoms. The van der Waals surface area contributed by atoms with Crippen LogP contribution in [0.5, 0.6) is 23.0 Å². The van der Waals surface area contributed by atoms with E-state index >= 15 is 0 Å². The molecule has 1 atom stereocenters. The molecule has 0 unspecified atom stereocenters. The Labute approximate surface area is 277 Å². The molecule has 1 aliphatic heterocycles. The van der Waals surface area contributed by atoms with Gasteiger partial charge in [-0.1, -0.05) is 30.3 Å². The van der Waals surface area contributed by atoms with Crippen molar-refractivity contribution in [2.75, 3.05) is 77.4 Å². The van der Waals surface area contributed by atoms with Gasteiger partial charge in [0.05, 0.1) is 20.3 Å². The minimum absolute atomic E-state index is 0.311. The Morgan fingerprint density at radius 3 is 2.40 bits per heavy atom. The number of likely N-dealkylation sites (N-methyl/N-ethyl adjacent to an activating group) is 1. The van der Waals surface area contributed by atoms with E-state index in [1.54, 1.807) is 31.4 Å². The zero-order valence-electron chi connectivity index (χ0n) is 27.8. The minimum Gasteiger partial charge on any atom is -0.497 e. The summed E-state index contributed by atoms with van der Waals surface area (Å²) in [6.45, 7) is 9.79. The highest BCUT2D eigenvalue weighted by Crippen LogP contribution is 2.33. The van der Waals surface area contributed by atoms with E-state index in [9.17, 15) is 4.79 Å². The average Bonchev–Trinajstić information content (AvgIpc) is 3.09. The number of hydrogen-bond donors (Lipinski definition) is 1. The molecule has 4 aromatic rings. The van der Waals surface area contributed by atoms with Crippen molar-refractivity contribution >= 4 is 17.6 Å². The Kier molecular flexibility index (Phi) is 11.5. The molecule has 11 nitrogen and oxygen atoms in total. The van der Waals surface area contributed by atoms with Crippen molar-refractivity contribution in [1.29, 1.82) is 0 Å². The second-order valence-corrected chi connectivity index (χ2v) is 11.6. The van der Waals surface area contributed by atoms with Gasteiger partial charge in [0.1, 0.15) is 30.3 Å². The van der Waals surface area contributed by atoms with Gasteiger partial charge in [-0.25, -0.2) is 14.8 Å². The number of para-hydroxylation sites is 1. The number of nitrogens with one attached hydrogen (secondary N) is 1. The van der Waals surface area contributed by atoms with Crippen molar-refractivity contribution in [2.45, 2.75) is 19.9 Å². The van der Waals surface area contributed by atoms with E-state index in [0.29, 0.717) is 42.0 Å². The van der Waals surface area contributed by atoms with Crippen molar-refractivity contribution in [3.8, 4) is 23.0 Å². The summed E-state index contributed by atoms with van der Waals surface area (Å²) >= 11 is 0. The number of aryl methyl sites for hydroxylation is 2. The molecular weight excluding hydrogens is 596 g/mol. The number of piperazine rings is 1. The Morgan fingerprint density at radius 1 is 0.936 bits per heavy atom. The largest absolute Gasteiger partial charge is 0.497 e. The van der Waals surface area contributed by atoms with Crippen molar-refractivity contribution in [3.63, 3.8) is 0 Å². The maximum Gasteiger partial charge on any atom is 0.421 e. The van der Waals surface area contributed by atoms with Crippen LogP contribution in [0.4, 0.5) is 16.3 Å². The first-order valence-electron chi connectivity index (χ1n) is 15.8. The van der Waals surface area contributed by atoms with E-state index in [-0.39, 0.29) is 0 Å². The Morgan fingerprint density at radius 2 is 1.70 bits per heavy atom. The van der Waals surface area contributed by atoms with Crippen molar-refractivity contribution in [1.82, 2.24) is 19.8 Å². The standard InChI is InChI=1S/C36H44N6O5/c1-26-8-6-9-27(2)35(26)47-36(43)42(34-14-15-37-25-39-34)31(28-10-7-11-30(22-28)44-4)24-38-29-12-13-32(33(23-29)45-5)46-21-20-41-18-16-40(3)17-19-41/h6-15,22-23,25,31,38H,16-21,24H2,1-5H3/t31-/m0/s1. The summed E-state index contributed by atoms with van der Waals surface area (Å²) in [6.07, 6.45) is 2.45. The number of carbonyl (C=O) groups excluding carboxylic acids is 1. The van der Waals surface area contributed by atoms with Gasteiger partial charge in [0.2, 0.25) is 0 Å². The van der Waals surface area contributed by atoms with Crippen LogP contribution in [0.1, 0.15) is 22.7 Å². The zero-order chi connectivity index (χ0) is 33.2. The molecule has 0 aliphatic carbocycles. The molecule has 248 valence electrons. The SMILES string of the molecule is COc1cccc([C@H](CNc2ccc(OCCN3CCN(C)CC3)c(OC)c2)N(C(=O)Oc2c(C)cccc2C)c2ccncn2)c1. The third kappa shape index (κ3) is 8.69. The van der Waals surface area contributed by atoms with Crippen LogP contribution < -0.4 is 29.2 Å². The molecule has 1 saturated heterocycles. The lowest BCUT2D eigenvalue weighted by Crippen LogP contribution is -2.45. The summed E-state index contributed by atoms with van der Waals surface area (Å²) in [5.41, 5.74) is 3.33. The van der Waals surface area contributed by atoms with Gasteiger partial charge in [-0.2, -0.15) is 0 Å². The first-order chi connectivity index (χ1) is 22.9. The number of aromatic nitrogens is 2. The Bertz CT molecular complexity index is 1590. The van der Waals surface area contributed by atoms with Gasteiger partial charge in [-0.15, -0.1) is 0 Å². The van der Waals surface area contributed by atoms with Gasteiger partial charge < -0.3 is 29.2 Å². The highest BCUT2D eigenvalue weighted by atomic mass is 16.6. The molecule has 11 heteroatoms. The quantitative estimate of drug-likeness (QED) is 0.199. The van der Waals surface area contributed by atoms with E-state index in [1.807, 2.05) is 74.5 Å². The number of hydrogen-bond acceptors (Lipinski definition) is 10. The summed E-state index contributed by atoms with van der Waals surface area (Å²) in [5, 5.41) is 3.50. The maximum absolute atomic E-state index is 14.1. The lowest BCUT2D eigenvalue weighted by molar-refractivity contribution is 0.133. The third-order valence-corrected chi connectivity index (χ3v) is 8.32. The highest BCUT2D eigenvalue weighted by Gasteiger charge is 2.31. The van der Waals surface area contributed by atoms with Crippen LogP contribution >= 0.6 is 0 Å². The molecule has 2 heterocycles. The number of nitrogens with zero attached hydrogens (tertiary/aromatic N) is 5. The van der Waals surface area contributed by atoms with E-state index in [4.69, 9.17) is 18.9 Å². The van der Waals surface area contributed by atoms with E-state index < -0.39 is 12.1 Å². The molecule has 1 N–H and O–H groups in total. The number of methoxy groups -OCH3 is 2. The molecule has 1 fully saturated rings. The van der Waals surface area contributed by atoms with Gasteiger partial charge in [0.15, 0.2) is 11.5 Å². The first kappa shape index (κ1) is 33.5. The van der Waals surface area contributed by atoms with E-state index in [1.165, 1.54) is 6.33 Å². The molecule has 3 aromatic carbocycles. The van der Waals surface area contributed by atoms with E-state index in [2.05, 4.69) is 32.1 Å². The summed E-state index contributed by atoms with van der Waals surface area (Å²) in [5.74, 6) is 2.87.